The molecular formula is C17H16Cl2N2O. The molecule has 2 aromatic carbocycles. The summed E-state index contributed by atoms with van der Waals surface area (Å²) in [5.74, 6) is 0. The summed E-state index contributed by atoms with van der Waals surface area (Å²) in [7, 11) is 0. The molecule has 2 aromatic rings. The predicted octanol–water partition coefficient (Wildman–Crippen LogP) is 4.67. The van der Waals surface area contributed by atoms with Crippen LogP contribution in [0.5, 0.6) is 0 Å². The van der Waals surface area contributed by atoms with Crippen LogP contribution < -0.4 is 0 Å². The topological polar surface area (TPSA) is 15.7 Å². The molecule has 0 aliphatic carbocycles. The van der Waals surface area contributed by atoms with Crippen molar-refractivity contribution in [2.75, 3.05) is 6.67 Å². The van der Waals surface area contributed by atoms with Crippen molar-refractivity contribution in [3.8, 4) is 0 Å². The molecule has 1 aliphatic heterocycles. The molecule has 0 N–H and O–H groups in total. The molecule has 0 atom stereocenters. The lowest BCUT2D eigenvalue weighted by Crippen LogP contribution is -2.25. The molecular weight excluding hydrogens is 319 g/mol. The second kappa shape index (κ2) is 7.05. The maximum Gasteiger partial charge on any atom is 0.116 e. The van der Waals surface area contributed by atoms with Gasteiger partial charge >= 0.3 is 0 Å². The number of nitrogens with zero attached hydrogens (tertiary/aromatic N) is 2. The SMILES string of the molecule is Clc1ccc(CN2C=CN(OCc3ccccc3)C2)c(Cl)c1. The third kappa shape index (κ3) is 3.95. The van der Waals surface area contributed by atoms with Gasteiger partial charge in [-0.2, -0.15) is 0 Å². The molecule has 0 amide bonds. The number of hydrogen-bond acceptors (Lipinski definition) is 3. The molecule has 0 aromatic heterocycles. The Morgan fingerprint density at radius 3 is 2.59 bits per heavy atom. The molecule has 0 unspecified atom stereocenters. The number of halogens is 2. The van der Waals surface area contributed by atoms with Gasteiger partial charge in [-0.15, -0.1) is 0 Å². The fraction of sp³-hybridized carbons (Fsp3) is 0.176. The fourth-order valence-electron chi connectivity index (χ4n) is 2.23. The van der Waals surface area contributed by atoms with E-state index in [0.29, 0.717) is 23.3 Å². The normalized spacial score (nSPS) is 13.9. The van der Waals surface area contributed by atoms with Crippen molar-refractivity contribution in [3.63, 3.8) is 0 Å². The van der Waals surface area contributed by atoms with Crippen molar-refractivity contribution in [2.45, 2.75) is 13.2 Å². The van der Waals surface area contributed by atoms with E-state index < -0.39 is 0 Å². The zero-order chi connectivity index (χ0) is 15.4. The van der Waals surface area contributed by atoms with Crippen LogP contribution in [0.4, 0.5) is 0 Å². The maximum atomic E-state index is 6.21. The van der Waals surface area contributed by atoms with Gasteiger partial charge in [-0.05, 0) is 23.3 Å². The molecule has 0 saturated heterocycles. The first-order valence-corrected chi connectivity index (χ1v) is 7.76. The minimum Gasteiger partial charge on any atom is -0.352 e. The van der Waals surface area contributed by atoms with E-state index in [0.717, 1.165) is 17.7 Å². The second-order valence-electron chi connectivity index (χ2n) is 5.10. The number of rotatable bonds is 5. The summed E-state index contributed by atoms with van der Waals surface area (Å²) in [6.45, 7) is 1.95. The lowest BCUT2D eigenvalue weighted by Gasteiger charge is -2.21. The van der Waals surface area contributed by atoms with Crippen molar-refractivity contribution < 1.29 is 4.84 Å². The van der Waals surface area contributed by atoms with Gasteiger partial charge in [0.15, 0.2) is 0 Å². The van der Waals surface area contributed by atoms with Crippen LogP contribution >= 0.6 is 23.2 Å². The first-order chi connectivity index (χ1) is 10.7. The number of hydroxylamine groups is 2. The molecule has 3 rings (SSSR count). The van der Waals surface area contributed by atoms with Gasteiger partial charge < -0.3 is 4.90 Å². The van der Waals surface area contributed by atoms with Crippen molar-refractivity contribution in [2.24, 2.45) is 0 Å². The van der Waals surface area contributed by atoms with Crippen LogP contribution in [0.2, 0.25) is 10.0 Å². The molecule has 1 heterocycles. The van der Waals surface area contributed by atoms with E-state index in [9.17, 15) is 0 Å². The number of hydrogen-bond donors (Lipinski definition) is 0. The Morgan fingerprint density at radius 2 is 1.82 bits per heavy atom. The van der Waals surface area contributed by atoms with Crippen molar-refractivity contribution >= 4 is 23.2 Å². The van der Waals surface area contributed by atoms with Crippen LogP contribution in [0.25, 0.3) is 0 Å². The molecule has 114 valence electrons. The van der Waals surface area contributed by atoms with Gasteiger partial charge in [-0.1, -0.05) is 59.6 Å². The highest BCUT2D eigenvalue weighted by molar-refractivity contribution is 6.35. The summed E-state index contributed by atoms with van der Waals surface area (Å²) in [6.07, 6.45) is 3.92. The summed E-state index contributed by atoms with van der Waals surface area (Å²) in [5.41, 5.74) is 2.19. The average Bonchev–Trinajstić information content (AvgIpc) is 2.97. The Hall–Kier alpha value is -1.68. The highest BCUT2D eigenvalue weighted by Gasteiger charge is 2.14. The molecule has 5 heteroatoms. The minimum atomic E-state index is 0.556. The third-order valence-electron chi connectivity index (χ3n) is 3.39. The first-order valence-electron chi connectivity index (χ1n) is 7.00. The first kappa shape index (κ1) is 15.2. The lowest BCUT2D eigenvalue weighted by molar-refractivity contribution is -0.140. The Bertz CT molecular complexity index is 661. The van der Waals surface area contributed by atoms with E-state index in [1.807, 2.05) is 59.9 Å². The van der Waals surface area contributed by atoms with Crippen LogP contribution in [0.3, 0.4) is 0 Å². The third-order valence-corrected chi connectivity index (χ3v) is 3.98. The van der Waals surface area contributed by atoms with Gasteiger partial charge in [-0.3, -0.25) is 4.84 Å². The van der Waals surface area contributed by atoms with E-state index in [4.69, 9.17) is 28.0 Å². The van der Waals surface area contributed by atoms with Gasteiger partial charge in [-0.25, -0.2) is 5.06 Å². The van der Waals surface area contributed by atoms with Gasteiger partial charge in [0.05, 0.1) is 6.61 Å². The predicted molar refractivity (Wildman–Crippen MR) is 89.1 cm³/mol. The smallest absolute Gasteiger partial charge is 0.116 e. The summed E-state index contributed by atoms with van der Waals surface area (Å²) >= 11 is 12.1. The highest BCUT2D eigenvalue weighted by atomic mass is 35.5. The Labute approximate surface area is 140 Å². The summed E-state index contributed by atoms with van der Waals surface area (Å²) in [5, 5.41) is 3.15. The highest BCUT2D eigenvalue weighted by Crippen LogP contribution is 2.23. The van der Waals surface area contributed by atoms with Crippen LogP contribution in [0, 0.1) is 0 Å². The molecule has 0 spiro atoms. The summed E-state index contributed by atoms with van der Waals surface area (Å²) in [4.78, 5) is 7.88. The van der Waals surface area contributed by atoms with E-state index in [-0.39, 0.29) is 0 Å². The van der Waals surface area contributed by atoms with E-state index in [1.165, 1.54) is 0 Å². The van der Waals surface area contributed by atoms with Gasteiger partial charge in [0, 0.05) is 29.0 Å². The minimum absolute atomic E-state index is 0.556. The van der Waals surface area contributed by atoms with Gasteiger partial charge in [0.2, 0.25) is 0 Å². The Kier molecular flexibility index (Phi) is 4.88. The standard InChI is InChI=1S/C17H16Cl2N2O/c18-16-7-6-15(17(19)10-16)11-20-8-9-21(13-20)22-12-14-4-2-1-3-5-14/h1-10H,11-13H2. The summed E-state index contributed by atoms with van der Waals surface area (Å²) < 4.78 is 0. The zero-order valence-electron chi connectivity index (χ0n) is 12.0. The quantitative estimate of drug-likeness (QED) is 0.790. The summed E-state index contributed by atoms with van der Waals surface area (Å²) in [6, 6.07) is 15.7. The molecule has 3 nitrogen and oxygen atoms in total. The van der Waals surface area contributed by atoms with Crippen LogP contribution in [-0.2, 0) is 18.0 Å². The van der Waals surface area contributed by atoms with Crippen LogP contribution in [0.1, 0.15) is 11.1 Å². The molecule has 0 saturated carbocycles. The molecule has 0 radical (unpaired) electrons. The number of benzene rings is 2. The fourth-order valence-corrected chi connectivity index (χ4v) is 2.70. The van der Waals surface area contributed by atoms with Crippen LogP contribution in [0.15, 0.2) is 60.9 Å². The van der Waals surface area contributed by atoms with E-state index in [1.54, 1.807) is 6.07 Å². The molecule has 0 fully saturated rings. The molecule has 22 heavy (non-hydrogen) atoms. The van der Waals surface area contributed by atoms with Crippen molar-refractivity contribution in [1.29, 1.82) is 0 Å². The molecule has 1 aliphatic rings. The van der Waals surface area contributed by atoms with Crippen LogP contribution in [-0.4, -0.2) is 16.6 Å². The largest absolute Gasteiger partial charge is 0.352 e. The van der Waals surface area contributed by atoms with Gasteiger partial charge in [0.1, 0.15) is 6.67 Å². The Balaban J connectivity index is 1.51. The van der Waals surface area contributed by atoms with E-state index >= 15 is 0 Å². The van der Waals surface area contributed by atoms with E-state index in [2.05, 4.69) is 4.90 Å². The zero-order valence-corrected chi connectivity index (χ0v) is 13.5. The second-order valence-corrected chi connectivity index (χ2v) is 5.94. The average molecular weight is 335 g/mol. The maximum absolute atomic E-state index is 6.21. The van der Waals surface area contributed by atoms with Crippen molar-refractivity contribution in [1.82, 2.24) is 9.96 Å². The Morgan fingerprint density at radius 1 is 1.00 bits per heavy atom. The van der Waals surface area contributed by atoms with Crippen molar-refractivity contribution in [3.05, 3.63) is 82.1 Å². The van der Waals surface area contributed by atoms with Gasteiger partial charge in [0.25, 0.3) is 0 Å². The lowest BCUT2D eigenvalue weighted by atomic mass is 10.2. The molecule has 0 bridgehead atoms. The monoisotopic (exact) mass is 334 g/mol.